The van der Waals surface area contributed by atoms with Crippen LogP contribution in [-0.4, -0.2) is 0 Å². The zero-order valence-electron chi connectivity index (χ0n) is 11.4. The highest BCUT2D eigenvalue weighted by Crippen LogP contribution is 2.34. The second-order valence-corrected chi connectivity index (χ2v) is 6.07. The zero-order chi connectivity index (χ0) is 14.1. The molecule has 0 unspecified atom stereocenters. The van der Waals surface area contributed by atoms with Gasteiger partial charge in [0.2, 0.25) is 0 Å². The Hall–Kier alpha value is -2.25. The number of hydrogen-bond donors (Lipinski definition) is 0. The lowest BCUT2D eigenvalue weighted by atomic mass is 10.1. The van der Waals surface area contributed by atoms with E-state index in [9.17, 15) is 0 Å². The van der Waals surface area contributed by atoms with Gasteiger partial charge in [-0.05, 0) is 33.7 Å². The fraction of sp³-hybridized carbons (Fsp3) is 0. The van der Waals surface area contributed by atoms with Crippen LogP contribution in [-0.2, 0) is 0 Å². The summed E-state index contributed by atoms with van der Waals surface area (Å²) in [5.41, 5.74) is 0. The van der Waals surface area contributed by atoms with Gasteiger partial charge < -0.3 is 0 Å². The van der Waals surface area contributed by atoms with E-state index in [0.717, 1.165) is 4.90 Å². The topological polar surface area (TPSA) is 0 Å². The smallest absolute Gasteiger partial charge is 0.0208 e. The SMILES string of the molecule is [c]1c(Sc2cccc3ccccc23)ccc2ccccc12. The third kappa shape index (κ3) is 2.41. The van der Waals surface area contributed by atoms with E-state index in [1.165, 1.54) is 26.4 Å². The van der Waals surface area contributed by atoms with Gasteiger partial charge in [0, 0.05) is 15.9 Å². The van der Waals surface area contributed by atoms with Crippen molar-refractivity contribution in [3.8, 4) is 0 Å². The van der Waals surface area contributed by atoms with Crippen LogP contribution in [0, 0.1) is 6.07 Å². The van der Waals surface area contributed by atoms with Gasteiger partial charge in [-0.2, -0.15) is 0 Å². The molecule has 0 N–H and O–H groups in total. The van der Waals surface area contributed by atoms with Crippen LogP contribution >= 0.6 is 11.8 Å². The highest BCUT2D eigenvalue weighted by Gasteiger charge is 2.03. The lowest BCUT2D eigenvalue weighted by molar-refractivity contribution is 1.45. The zero-order valence-corrected chi connectivity index (χ0v) is 12.2. The van der Waals surface area contributed by atoms with Gasteiger partial charge in [0.15, 0.2) is 0 Å². The van der Waals surface area contributed by atoms with E-state index in [2.05, 4.69) is 84.9 Å². The Morgan fingerprint density at radius 3 is 2.33 bits per heavy atom. The molecule has 0 amide bonds. The van der Waals surface area contributed by atoms with E-state index < -0.39 is 0 Å². The fourth-order valence-electron chi connectivity index (χ4n) is 2.56. The molecule has 0 atom stereocenters. The van der Waals surface area contributed by atoms with Crippen LogP contribution in [0.15, 0.2) is 88.7 Å². The molecular formula is C20H13S. The lowest BCUT2D eigenvalue weighted by Crippen LogP contribution is -1.79. The normalized spacial score (nSPS) is 11.0. The van der Waals surface area contributed by atoms with Gasteiger partial charge in [-0.15, -0.1) is 0 Å². The molecule has 0 spiro atoms. The molecule has 4 aromatic carbocycles. The molecule has 0 aliphatic heterocycles. The summed E-state index contributed by atoms with van der Waals surface area (Å²) in [5.74, 6) is 0. The summed E-state index contributed by atoms with van der Waals surface area (Å²) in [6.45, 7) is 0. The van der Waals surface area contributed by atoms with Crippen molar-refractivity contribution in [2.24, 2.45) is 0 Å². The Kier molecular flexibility index (Phi) is 3.13. The predicted octanol–water partition coefficient (Wildman–Crippen LogP) is 5.94. The Labute approximate surface area is 128 Å². The molecule has 0 nitrogen and oxygen atoms in total. The fourth-order valence-corrected chi connectivity index (χ4v) is 3.54. The quantitative estimate of drug-likeness (QED) is 0.439. The van der Waals surface area contributed by atoms with Crippen molar-refractivity contribution < 1.29 is 0 Å². The van der Waals surface area contributed by atoms with Crippen LogP contribution in [0.25, 0.3) is 21.5 Å². The molecule has 0 heterocycles. The standard InChI is InChI=1S/C20H13S/c1-2-8-17-14-18(13-12-15(17)6-1)21-20-11-5-9-16-7-3-4-10-19(16)20/h1-13H. The molecular weight excluding hydrogens is 272 g/mol. The third-order valence-electron chi connectivity index (χ3n) is 3.60. The molecule has 0 saturated heterocycles. The number of benzene rings is 4. The molecule has 4 aromatic rings. The molecule has 21 heavy (non-hydrogen) atoms. The molecule has 0 fully saturated rings. The first-order valence-electron chi connectivity index (χ1n) is 6.97. The minimum atomic E-state index is 1.16. The molecule has 0 aliphatic rings. The van der Waals surface area contributed by atoms with Crippen LogP contribution in [0.1, 0.15) is 0 Å². The van der Waals surface area contributed by atoms with Crippen LogP contribution in [0.3, 0.4) is 0 Å². The van der Waals surface area contributed by atoms with E-state index in [1.54, 1.807) is 11.8 Å². The minimum Gasteiger partial charge on any atom is -0.0888 e. The van der Waals surface area contributed by atoms with E-state index in [1.807, 2.05) is 0 Å². The molecule has 1 radical (unpaired) electrons. The molecule has 0 saturated carbocycles. The average molecular weight is 285 g/mol. The van der Waals surface area contributed by atoms with Crippen molar-refractivity contribution in [2.45, 2.75) is 9.79 Å². The second-order valence-electron chi connectivity index (χ2n) is 4.99. The Morgan fingerprint density at radius 2 is 1.38 bits per heavy atom. The Bertz CT molecular complexity index is 919. The summed E-state index contributed by atoms with van der Waals surface area (Å²) in [6, 6.07) is 31.1. The van der Waals surface area contributed by atoms with Gasteiger partial charge in [-0.1, -0.05) is 78.5 Å². The lowest BCUT2D eigenvalue weighted by Gasteiger charge is -2.07. The van der Waals surface area contributed by atoms with Crippen molar-refractivity contribution >= 4 is 33.3 Å². The summed E-state index contributed by atoms with van der Waals surface area (Å²) in [7, 11) is 0. The Balaban J connectivity index is 1.79. The minimum absolute atomic E-state index is 1.16. The molecule has 99 valence electrons. The van der Waals surface area contributed by atoms with Gasteiger partial charge in [0.1, 0.15) is 0 Å². The first-order valence-corrected chi connectivity index (χ1v) is 7.78. The maximum atomic E-state index is 3.50. The summed E-state index contributed by atoms with van der Waals surface area (Å²) in [4.78, 5) is 2.43. The second kappa shape index (κ2) is 5.27. The van der Waals surface area contributed by atoms with E-state index >= 15 is 0 Å². The molecule has 0 bridgehead atoms. The molecule has 4 rings (SSSR count). The summed E-state index contributed by atoms with van der Waals surface area (Å²) in [6.07, 6.45) is 0. The van der Waals surface area contributed by atoms with Crippen molar-refractivity contribution in [2.75, 3.05) is 0 Å². The van der Waals surface area contributed by atoms with Gasteiger partial charge >= 0.3 is 0 Å². The maximum Gasteiger partial charge on any atom is 0.0208 e. The monoisotopic (exact) mass is 285 g/mol. The third-order valence-corrected chi connectivity index (χ3v) is 4.64. The summed E-state index contributed by atoms with van der Waals surface area (Å²) in [5, 5.41) is 4.98. The van der Waals surface area contributed by atoms with Crippen molar-refractivity contribution in [3.63, 3.8) is 0 Å². The van der Waals surface area contributed by atoms with Crippen LogP contribution in [0.5, 0.6) is 0 Å². The van der Waals surface area contributed by atoms with E-state index in [4.69, 9.17) is 0 Å². The first-order chi connectivity index (χ1) is 10.4. The highest BCUT2D eigenvalue weighted by atomic mass is 32.2. The maximum absolute atomic E-state index is 3.50. The number of fused-ring (bicyclic) bond motifs is 2. The van der Waals surface area contributed by atoms with Gasteiger partial charge in [-0.3, -0.25) is 0 Å². The highest BCUT2D eigenvalue weighted by molar-refractivity contribution is 7.99. The number of hydrogen-bond acceptors (Lipinski definition) is 1. The van der Waals surface area contributed by atoms with Crippen LogP contribution < -0.4 is 0 Å². The average Bonchev–Trinajstić information content (AvgIpc) is 2.55. The summed E-state index contributed by atoms with van der Waals surface area (Å²) < 4.78 is 0. The van der Waals surface area contributed by atoms with Crippen molar-refractivity contribution in [1.82, 2.24) is 0 Å². The largest absolute Gasteiger partial charge is 0.0888 e. The van der Waals surface area contributed by atoms with E-state index in [-0.39, 0.29) is 0 Å². The predicted molar refractivity (Wildman–Crippen MR) is 90.9 cm³/mol. The Morgan fingerprint density at radius 1 is 0.619 bits per heavy atom. The van der Waals surface area contributed by atoms with Crippen molar-refractivity contribution in [1.29, 1.82) is 0 Å². The molecule has 0 aromatic heterocycles. The molecule has 0 aliphatic carbocycles. The van der Waals surface area contributed by atoms with E-state index in [0.29, 0.717) is 0 Å². The van der Waals surface area contributed by atoms with Gasteiger partial charge in [0.05, 0.1) is 0 Å². The van der Waals surface area contributed by atoms with Crippen LogP contribution in [0.2, 0.25) is 0 Å². The number of rotatable bonds is 2. The summed E-state index contributed by atoms with van der Waals surface area (Å²) >= 11 is 1.78. The van der Waals surface area contributed by atoms with Gasteiger partial charge in [0.25, 0.3) is 0 Å². The van der Waals surface area contributed by atoms with Crippen molar-refractivity contribution in [3.05, 3.63) is 84.9 Å². The van der Waals surface area contributed by atoms with Gasteiger partial charge in [-0.25, -0.2) is 0 Å². The first kappa shape index (κ1) is 12.5. The molecule has 1 heteroatoms. The van der Waals surface area contributed by atoms with Crippen LogP contribution in [0.4, 0.5) is 0 Å².